The molecule has 0 bridgehead atoms. The molecule has 9 heteroatoms. The number of hydrogen-bond acceptors (Lipinski definition) is 7. The van der Waals surface area contributed by atoms with Crippen molar-refractivity contribution in [2.75, 3.05) is 19.0 Å². The fourth-order valence-electron chi connectivity index (χ4n) is 3.11. The van der Waals surface area contributed by atoms with Crippen molar-refractivity contribution in [1.29, 1.82) is 5.26 Å². The van der Waals surface area contributed by atoms with E-state index in [0.717, 1.165) is 11.1 Å². The van der Waals surface area contributed by atoms with Gasteiger partial charge >= 0.3 is 5.97 Å². The summed E-state index contributed by atoms with van der Waals surface area (Å²) in [6, 6.07) is 17.8. The van der Waals surface area contributed by atoms with E-state index in [2.05, 4.69) is 15.4 Å². The summed E-state index contributed by atoms with van der Waals surface area (Å²) in [6.45, 7) is -0.00757. The number of rotatable bonds is 7. The predicted molar refractivity (Wildman–Crippen MR) is 113 cm³/mol. The number of carboxylic acid groups (broad SMARTS) is 1. The highest BCUT2D eigenvalue weighted by atomic mass is 16.5. The summed E-state index contributed by atoms with van der Waals surface area (Å²) < 4.78 is 12.1. The minimum Gasteiger partial charge on any atom is -0.496 e. The molecule has 31 heavy (non-hydrogen) atoms. The van der Waals surface area contributed by atoms with Gasteiger partial charge in [-0.25, -0.2) is 9.31 Å². The lowest BCUT2D eigenvalue weighted by Crippen LogP contribution is -2.01. The Hall–Kier alpha value is -4.58. The molecular formula is C22H17N5O4. The number of anilines is 2. The Labute approximate surface area is 177 Å². The molecule has 0 radical (unpaired) electrons. The third-order valence-electron chi connectivity index (χ3n) is 4.52. The van der Waals surface area contributed by atoms with Crippen molar-refractivity contribution >= 4 is 23.3 Å². The van der Waals surface area contributed by atoms with Gasteiger partial charge in [0.15, 0.2) is 12.3 Å². The van der Waals surface area contributed by atoms with E-state index < -0.39 is 5.97 Å². The number of benzene rings is 2. The average Bonchev–Trinajstić information content (AvgIpc) is 3.20. The van der Waals surface area contributed by atoms with Crippen LogP contribution in [-0.4, -0.2) is 39.4 Å². The van der Waals surface area contributed by atoms with Crippen LogP contribution in [0.4, 0.5) is 11.6 Å². The number of nitrogens with one attached hydrogen (secondary N) is 1. The highest BCUT2D eigenvalue weighted by Crippen LogP contribution is 2.28. The highest BCUT2D eigenvalue weighted by Gasteiger charge is 2.14. The molecule has 0 unspecified atom stereocenters. The molecule has 0 saturated carbocycles. The van der Waals surface area contributed by atoms with Gasteiger partial charge in [-0.15, -0.1) is 5.10 Å². The molecule has 4 rings (SSSR count). The largest absolute Gasteiger partial charge is 0.496 e. The summed E-state index contributed by atoms with van der Waals surface area (Å²) in [5.41, 5.74) is 3.10. The van der Waals surface area contributed by atoms with E-state index in [1.54, 1.807) is 35.0 Å². The van der Waals surface area contributed by atoms with E-state index in [1.807, 2.05) is 30.3 Å². The number of hydrogen-bond donors (Lipinski definition) is 2. The molecule has 2 aromatic heterocycles. The van der Waals surface area contributed by atoms with Gasteiger partial charge in [0.1, 0.15) is 23.1 Å². The number of aromatic carboxylic acids is 1. The van der Waals surface area contributed by atoms with Gasteiger partial charge in [-0.2, -0.15) is 10.2 Å². The molecule has 0 aliphatic carbocycles. The topological polar surface area (TPSA) is 122 Å². The van der Waals surface area contributed by atoms with Crippen LogP contribution in [0, 0.1) is 11.3 Å². The zero-order valence-corrected chi connectivity index (χ0v) is 16.4. The summed E-state index contributed by atoms with van der Waals surface area (Å²) in [6.07, 6.45) is 1.79. The number of aromatic nitrogens is 3. The lowest BCUT2D eigenvalue weighted by atomic mass is 10.1. The van der Waals surface area contributed by atoms with Crippen LogP contribution in [0.15, 0.2) is 60.8 Å². The van der Waals surface area contributed by atoms with E-state index in [9.17, 15) is 9.90 Å². The first-order valence-corrected chi connectivity index (χ1v) is 9.23. The van der Waals surface area contributed by atoms with Gasteiger partial charge in [-0.1, -0.05) is 12.1 Å². The molecule has 154 valence electrons. The van der Waals surface area contributed by atoms with Crippen LogP contribution in [0.1, 0.15) is 10.4 Å². The summed E-state index contributed by atoms with van der Waals surface area (Å²) in [5, 5.41) is 25.4. The van der Waals surface area contributed by atoms with Gasteiger partial charge in [0, 0.05) is 23.5 Å². The minimum absolute atomic E-state index is 0.00757. The van der Waals surface area contributed by atoms with Crippen molar-refractivity contribution in [1.82, 2.24) is 14.6 Å². The average molecular weight is 415 g/mol. The number of fused-ring (bicyclic) bond motifs is 1. The zero-order chi connectivity index (χ0) is 21.8. The number of nitrogens with zero attached hydrogens (tertiary/aromatic N) is 4. The zero-order valence-electron chi connectivity index (χ0n) is 16.4. The van der Waals surface area contributed by atoms with Gasteiger partial charge in [-0.3, -0.25) is 0 Å². The lowest BCUT2D eigenvalue weighted by Gasteiger charge is -2.07. The second kappa shape index (κ2) is 8.42. The van der Waals surface area contributed by atoms with Crippen molar-refractivity contribution < 1.29 is 19.4 Å². The number of methoxy groups -OCH3 is 1. The molecular weight excluding hydrogens is 398 g/mol. The summed E-state index contributed by atoms with van der Waals surface area (Å²) in [5.74, 6) is 0.134. The molecule has 4 aromatic rings. The van der Waals surface area contributed by atoms with Crippen LogP contribution in [0.25, 0.3) is 16.8 Å². The van der Waals surface area contributed by atoms with Crippen LogP contribution in [-0.2, 0) is 0 Å². The van der Waals surface area contributed by atoms with E-state index in [-0.39, 0.29) is 17.9 Å². The van der Waals surface area contributed by atoms with Gasteiger partial charge in [-0.05, 0) is 42.0 Å². The quantitative estimate of drug-likeness (QED) is 0.468. The molecule has 9 nitrogen and oxygen atoms in total. The molecule has 0 atom stereocenters. The predicted octanol–water partition coefficient (Wildman–Crippen LogP) is 3.75. The molecule has 2 N–H and O–H groups in total. The Morgan fingerprint density at radius 3 is 2.74 bits per heavy atom. The van der Waals surface area contributed by atoms with Gasteiger partial charge in [0.25, 0.3) is 0 Å². The number of nitriles is 1. The van der Waals surface area contributed by atoms with Gasteiger partial charge < -0.3 is 19.9 Å². The van der Waals surface area contributed by atoms with E-state index in [4.69, 9.17) is 14.7 Å². The van der Waals surface area contributed by atoms with E-state index in [0.29, 0.717) is 23.0 Å². The number of carbonyl (C=O) groups is 1. The minimum atomic E-state index is -1.07. The van der Waals surface area contributed by atoms with E-state index in [1.165, 1.54) is 13.2 Å². The number of pyridine rings is 1. The second-order valence-electron chi connectivity index (χ2n) is 6.44. The van der Waals surface area contributed by atoms with Crippen molar-refractivity contribution in [3.63, 3.8) is 0 Å². The number of carboxylic acids is 1. The van der Waals surface area contributed by atoms with Gasteiger partial charge in [0.05, 0.1) is 7.11 Å². The standard InChI is InChI=1S/C22H17N5O4/c1-30-19-13-15(6-9-18(19)21(28)29)24-22-25-20-17(3-2-11-27(20)26-22)14-4-7-16(8-5-14)31-12-10-23/h2-9,11,13H,12H2,1H3,(H,24,26)(H,28,29). The van der Waals surface area contributed by atoms with Crippen LogP contribution >= 0.6 is 0 Å². The Bertz CT molecular complexity index is 1290. The summed E-state index contributed by atoms with van der Waals surface area (Å²) in [7, 11) is 1.41. The monoisotopic (exact) mass is 415 g/mol. The smallest absolute Gasteiger partial charge is 0.339 e. The van der Waals surface area contributed by atoms with Crippen LogP contribution in [0.5, 0.6) is 11.5 Å². The SMILES string of the molecule is COc1cc(Nc2nc3c(-c4ccc(OCC#N)cc4)cccn3n2)ccc1C(=O)O. The molecule has 0 aliphatic rings. The van der Waals surface area contributed by atoms with Crippen LogP contribution < -0.4 is 14.8 Å². The Kier molecular flexibility index (Phi) is 5.36. The van der Waals surface area contributed by atoms with Crippen LogP contribution in [0.3, 0.4) is 0 Å². The first-order valence-electron chi connectivity index (χ1n) is 9.23. The Morgan fingerprint density at radius 2 is 2.03 bits per heavy atom. The Balaban J connectivity index is 1.64. The van der Waals surface area contributed by atoms with Crippen molar-refractivity contribution in [2.24, 2.45) is 0 Å². The third kappa shape index (κ3) is 4.09. The molecule has 0 fully saturated rings. The second-order valence-corrected chi connectivity index (χ2v) is 6.44. The van der Waals surface area contributed by atoms with Gasteiger partial charge in [0.2, 0.25) is 5.95 Å². The maximum absolute atomic E-state index is 11.3. The number of ether oxygens (including phenoxy) is 2. The van der Waals surface area contributed by atoms with Crippen molar-refractivity contribution in [3.8, 4) is 28.7 Å². The Morgan fingerprint density at radius 1 is 1.23 bits per heavy atom. The molecule has 0 spiro atoms. The molecule has 2 heterocycles. The molecule has 2 aromatic carbocycles. The fraction of sp³-hybridized carbons (Fsp3) is 0.0909. The van der Waals surface area contributed by atoms with Crippen molar-refractivity contribution in [2.45, 2.75) is 0 Å². The fourth-order valence-corrected chi connectivity index (χ4v) is 3.11. The normalized spacial score (nSPS) is 10.5. The summed E-state index contributed by atoms with van der Waals surface area (Å²) >= 11 is 0. The maximum atomic E-state index is 11.3. The summed E-state index contributed by atoms with van der Waals surface area (Å²) in [4.78, 5) is 15.8. The lowest BCUT2D eigenvalue weighted by molar-refractivity contribution is 0.0693. The molecule has 0 amide bonds. The van der Waals surface area contributed by atoms with Crippen molar-refractivity contribution in [3.05, 3.63) is 66.4 Å². The first kappa shape index (κ1) is 19.7. The molecule has 0 saturated heterocycles. The van der Waals surface area contributed by atoms with E-state index >= 15 is 0 Å². The maximum Gasteiger partial charge on any atom is 0.339 e. The first-order chi connectivity index (χ1) is 15.1. The van der Waals surface area contributed by atoms with Crippen LogP contribution in [0.2, 0.25) is 0 Å². The highest BCUT2D eigenvalue weighted by molar-refractivity contribution is 5.91. The third-order valence-corrected chi connectivity index (χ3v) is 4.52. The molecule has 0 aliphatic heterocycles.